The van der Waals surface area contributed by atoms with E-state index < -0.39 is 11.8 Å². The number of carbonyl (C=O) groups excluding carboxylic acids is 1. The van der Waals surface area contributed by atoms with Crippen LogP contribution in [0.5, 0.6) is 0 Å². The molecule has 27 heavy (non-hydrogen) atoms. The number of nitrogens with zero attached hydrogens (tertiary/aromatic N) is 1. The highest BCUT2D eigenvalue weighted by molar-refractivity contribution is 5.94. The van der Waals surface area contributed by atoms with E-state index in [2.05, 4.69) is 10.3 Å². The third-order valence-corrected chi connectivity index (χ3v) is 5.83. The van der Waals surface area contributed by atoms with Crippen molar-refractivity contribution < 1.29 is 13.6 Å². The smallest absolute Gasteiger partial charge is 0.251 e. The summed E-state index contributed by atoms with van der Waals surface area (Å²) in [6, 6.07) is 13.0. The first-order valence-electron chi connectivity index (χ1n) is 9.65. The maximum atomic E-state index is 13.5. The van der Waals surface area contributed by atoms with Crippen molar-refractivity contribution in [3.8, 4) is 0 Å². The van der Waals surface area contributed by atoms with Gasteiger partial charge in [-0.1, -0.05) is 24.3 Å². The van der Waals surface area contributed by atoms with Gasteiger partial charge in [0.05, 0.1) is 0 Å². The van der Waals surface area contributed by atoms with Gasteiger partial charge < -0.3 is 5.32 Å². The molecule has 3 nitrogen and oxygen atoms in total. The van der Waals surface area contributed by atoms with Crippen LogP contribution in [0, 0.1) is 5.41 Å². The van der Waals surface area contributed by atoms with Crippen molar-refractivity contribution in [1.29, 1.82) is 0 Å². The highest BCUT2D eigenvalue weighted by atomic mass is 19.3. The lowest BCUT2D eigenvalue weighted by Crippen LogP contribution is -2.30. The third kappa shape index (κ3) is 4.18. The van der Waals surface area contributed by atoms with Gasteiger partial charge >= 0.3 is 0 Å². The Morgan fingerprint density at radius 1 is 1.15 bits per heavy atom. The SMILES string of the molecule is O=C(NCC(CC1(C(F)F)CC1)c1ccc(C2CC2)nc1)c1ccccc1. The minimum absolute atomic E-state index is 0.157. The average Bonchev–Trinajstić information content (AvgIpc) is 3.60. The van der Waals surface area contributed by atoms with Gasteiger partial charge in [0.25, 0.3) is 5.91 Å². The zero-order chi connectivity index (χ0) is 18.9. The maximum Gasteiger partial charge on any atom is 0.251 e. The molecule has 4 rings (SSSR count). The maximum absolute atomic E-state index is 13.5. The largest absolute Gasteiger partial charge is 0.351 e. The molecule has 0 saturated heterocycles. The summed E-state index contributed by atoms with van der Waals surface area (Å²) >= 11 is 0. The number of hydrogen-bond acceptors (Lipinski definition) is 2. The minimum atomic E-state index is -2.32. The van der Waals surface area contributed by atoms with Gasteiger partial charge in [0.1, 0.15) is 0 Å². The predicted octanol–water partition coefficient (Wildman–Crippen LogP) is 4.91. The number of carbonyl (C=O) groups is 1. The lowest BCUT2D eigenvalue weighted by atomic mass is 9.87. The second-order valence-electron chi connectivity index (χ2n) is 7.93. The number of nitrogens with one attached hydrogen (secondary N) is 1. The Morgan fingerprint density at radius 3 is 2.44 bits per heavy atom. The van der Waals surface area contributed by atoms with Crippen LogP contribution in [0.15, 0.2) is 48.7 Å². The van der Waals surface area contributed by atoms with Crippen molar-refractivity contribution in [2.24, 2.45) is 5.41 Å². The molecule has 142 valence electrons. The van der Waals surface area contributed by atoms with Crippen LogP contribution < -0.4 is 5.32 Å². The molecule has 1 aromatic heterocycles. The van der Waals surface area contributed by atoms with Crippen molar-refractivity contribution in [2.45, 2.75) is 50.4 Å². The second kappa shape index (κ2) is 7.37. The molecule has 2 fully saturated rings. The number of benzene rings is 1. The molecular weight excluding hydrogens is 346 g/mol. The molecule has 1 atom stereocenters. The predicted molar refractivity (Wildman–Crippen MR) is 100 cm³/mol. The van der Waals surface area contributed by atoms with Gasteiger partial charge in [0.2, 0.25) is 6.43 Å². The van der Waals surface area contributed by atoms with Crippen LogP contribution in [-0.2, 0) is 0 Å². The van der Waals surface area contributed by atoms with Crippen LogP contribution in [0.2, 0.25) is 0 Å². The van der Waals surface area contributed by atoms with Crippen molar-refractivity contribution in [3.63, 3.8) is 0 Å². The van der Waals surface area contributed by atoms with E-state index in [0.29, 0.717) is 37.3 Å². The molecule has 0 radical (unpaired) electrons. The Morgan fingerprint density at radius 2 is 1.89 bits per heavy atom. The van der Waals surface area contributed by atoms with Gasteiger partial charge in [-0.15, -0.1) is 0 Å². The molecule has 1 N–H and O–H groups in total. The highest BCUT2D eigenvalue weighted by Gasteiger charge is 2.52. The molecule has 0 aliphatic heterocycles. The van der Waals surface area contributed by atoms with E-state index in [4.69, 9.17) is 0 Å². The Balaban J connectivity index is 1.48. The molecule has 0 spiro atoms. The summed E-state index contributed by atoms with van der Waals surface area (Å²) < 4.78 is 27.0. The highest BCUT2D eigenvalue weighted by Crippen LogP contribution is 2.56. The van der Waals surface area contributed by atoms with Gasteiger partial charge in [0.15, 0.2) is 0 Å². The van der Waals surface area contributed by atoms with E-state index in [1.807, 2.05) is 36.5 Å². The Hall–Kier alpha value is -2.30. The van der Waals surface area contributed by atoms with Gasteiger partial charge in [-0.05, 0) is 55.9 Å². The van der Waals surface area contributed by atoms with E-state index in [1.54, 1.807) is 12.1 Å². The lowest BCUT2D eigenvalue weighted by Gasteiger charge is -2.23. The molecule has 1 unspecified atom stereocenters. The number of alkyl halides is 2. The molecule has 1 heterocycles. The van der Waals surface area contributed by atoms with E-state index in [-0.39, 0.29) is 11.8 Å². The molecule has 2 saturated carbocycles. The fourth-order valence-electron chi connectivity index (χ4n) is 3.66. The Kier molecular flexibility index (Phi) is 4.94. The third-order valence-electron chi connectivity index (χ3n) is 5.83. The number of aromatic nitrogens is 1. The molecule has 2 aliphatic rings. The van der Waals surface area contributed by atoms with E-state index >= 15 is 0 Å². The molecule has 0 bridgehead atoms. The number of pyridine rings is 1. The van der Waals surface area contributed by atoms with Crippen LogP contribution in [0.25, 0.3) is 0 Å². The fraction of sp³-hybridized carbons (Fsp3) is 0.455. The first-order valence-corrected chi connectivity index (χ1v) is 9.65. The Labute approximate surface area is 158 Å². The van der Waals surface area contributed by atoms with E-state index in [9.17, 15) is 13.6 Å². The number of halogens is 2. The molecule has 1 aromatic carbocycles. The molecule has 1 amide bonds. The average molecular weight is 370 g/mol. The van der Waals surface area contributed by atoms with Crippen molar-refractivity contribution in [3.05, 3.63) is 65.5 Å². The topological polar surface area (TPSA) is 42.0 Å². The van der Waals surface area contributed by atoms with E-state index in [1.165, 1.54) is 12.8 Å². The van der Waals surface area contributed by atoms with Gasteiger partial charge in [0, 0.05) is 41.2 Å². The summed E-state index contributed by atoms with van der Waals surface area (Å²) in [5, 5.41) is 2.92. The zero-order valence-corrected chi connectivity index (χ0v) is 15.2. The fourth-order valence-corrected chi connectivity index (χ4v) is 3.66. The van der Waals surface area contributed by atoms with Gasteiger partial charge in [-0.2, -0.15) is 0 Å². The first kappa shape index (κ1) is 18.1. The summed E-state index contributed by atoms with van der Waals surface area (Å²) in [6.45, 7) is 0.340. The van der Waals surface area contributed by atoms with E-state index in [0.717, 1.165) is 11.3 Å². The number of hydrogen-bond donors (Lipinski definition) is 1. The van der Waals surface area contributed by atoms with Crippen LogP contribution in [-0.4, -0.2) is 23.9 Å². The van der Waals surface area contributed by atoms with Crippen LogP contribution >= 0.6 is 0 Å². The standard InChI is InChI=1S/C22H24F2N2O/c23-21(24)22(10-11-22)12-18(14-26-20(27)16-4-2-1-3-5-16)17-8-9-19(25-13-17)15-6-7-15/h1-5,8-9,13,15,18,21H,6-7,10-12,14H2,(H,26,27). The zero-order valence-electron chi connectivity index (χ0n) is 15.2. The van der Waals surface area contributed by atoms with Crippen LogP contribution in [0.3, 0.4) is 0 Å². The summed E-state index contributed by atoms with van der Waals surface area (Å²) in [6.07, 6.45) is 3.35. The quantitative estimate of drug-likeness (QED) is 0.717. The minimum Gasteiger partial charge on any atom is -0.351 e. The van der Waals surface area contributed by atoms with Crippen LogP contribution in [0.1, 0.15) is 65.6 Å². The Bertz CT molecular complexity index is 784. The van der Waals surface area contributed by atoms with Crippen LogP contribution in [0.4, 0.5) is 8.78 Å². The summed E-state index contributed by atoms with van der Waals surface area (Å²) in [7, 11) is 0. The lowest BCUT2D eigenvalue weighted by molar-refractivity contribution is 0.0518. The van der Waals surface area contributed by atoms with Gasteiger partial charge in [-0.3, -0.25) is 9.78 Å². The molecular formula is C22H24F2N2O. The van der Waals surface area contributed by atoms with Gasteiger partial charge in [-0.25, -0.2) is 8.78 Å². The monoisotopic (exact) mass is 370 g/mol. The summed E-state index contributed by atoms with van der Waals surface area (Å²) in [5.41, 5.74) is 1.70. The first-order chi connectivity index (χ1) is 13.1. The summed E-state index contributed by atoms with van der Waals surface area (Å²) in [4.78, 5) is 16.9. The van der Waals surface area contributed by atoms with Crippen molar-refractivity contribution in [1.82, 2.24) is 10.3 Å². The van der Waals surface area contributed by atoms with Crippen molar-refractivity contribution >= 4 is 5.91 Å². The molecule has 2 aromatic rings. The van der Waals surface area contributed by atoms with Crippen molar-refractivity contribution in [2.75, 3.05) is 6.54 Å². The number of amides is 1. The summed E-state index contributed by atoms with van der Waals surface area (Å²) in [5.74, 6) is 0.228. The second-order valence-corrected chi connectivity index (χ2v) is 7.93. The molecule has 2 aliphatic carbocycles. The number of rotatable bonds is 8. The normalized spacial score (nSPS) is 18.9. The molecule has 5 heteroatoms.